The Kier molecular flexibility index (Phi) is 7.35. The monoisotopic (exact) mass is 333 g/mol. The van der Waals surface area contributed by atoms with Crippen LogP contribution in [0.15, 0.2) is 24.3 Å². The molecule has 0 saturated heterocycles. The number of ether oxygens (including phenoxy) is 1. The second-order valence-electron chi connectivity index (χ2n) is 5.84. The number of carbonyl (C=O) groups is 1. The van der Waals surface area contributed by atoms with Crippen molar-refractivity contribution in [2.75, 3.05) is 13.2 Å². The fourth-order valence-electron chi connectivity index (χ4n) is 2.10. The minimum atomic E-state index is -4.36. The van der Waals surface area contributed by atoms with Gasteiger partial charge in [0.2, 0.25) is 0 Å². The van der Waals surface area contributed by atoms with Gasteiger partial charge in [0.25, 0.3) is 0 Å². The SMILES string of the molecule is CC(C)CC(CNCc1ccc(OCC(F)(F)F)cc1)C(=O)O. The Hall–Kier alpha value is -1.76. The molecule has 0 aliphatic rings. The highest BCUT2D eigenvalue weighted by molar-refractivity contribution is 5.70. The van der Waals surface area contributed by atoms with Gasteiger partial charge in [-0.3, -0.25) is 4.79 Å². The molecular formula is C16H22F3NO3. The molecule has 4 nitrogen and oxygen atoms in total. The second-order valence-corrected chi connectivity index (χ2v) is 5.84. The fourth-order valence-corrected chi connectivity index (χ4v) is 2.10. The van der Waals surface area contributed by atoms with Crippen LogP contribution in [0.2, 0.25) is 0 Å². The number of hydrogen-bond donors (Lipinski definition) is 2. The van der Waals surface area contributed by atoms with Gasteiger partial charge in [-0.2, -0.15) is 13.2 Å². The van der Waals surface area contributed by atoms with Crippen LogP contribution in [0.25, 0.3) is 0 Å². The minimum absolute atomic E-state index is 0.147. The third-order valence-electron chi connectivity index (χ3n) is 3.15. The smallest absolute Gasteiger partial charge is 0.422 e. The van der Waals surface area contributed by atoms with Crippen LogP contribution in [0.5, 0.6) is 5.75 Å². The number of hydrogen-bond acceptors (Lipinski definition) is 3. The summed E-state index contributed by atoms with van der Waals surface area (Å²) < 4.78 is 40.7. The summed E-state index contributed by atoms with van der Waals surface area (Å²) in [5, 5.41) is 12.2. The van der Waals surface area contributed by atoms with E-state index in [1.807, 2.05) is 13.8 Å². The molecule has 0 radical (unpaired) electrons. The number of nitrogens with one attached hydrogen (secondary N) is 1. The molecule has 0 fully saturated rings. The van der Waals surface area contributed by atoms with Gasteiger partial charge >= 0.3 is 12.1 Å². The molecular weight excluding hydrogens is 311 g/mol. The number of alkyl halides is 3. The molecule has 1 rings (SSSR count). The number of aliphatic carboxylic acids is 1. The van der Waals surface area contributed by atoms with E-state index in [0.29, 0.717) is 25.4 Å². The van der Waals surface area contributed by atoms with E-state index >= 15 is 0 Å². The summed E-state index contributed by atoms with van der Waals surface area (Å²) in [4.78, 5) is 11.1. The summed E-state index contributed by atoms with van der Waals surface area (Å²) in [5.41, 5.74) is 0.845. The van der Waals surface area contributed by atoms with Crippen LogP contribution in [0.4, 0.5) is 13.2 Å². The van der Waals surface area contributed by atoms with E-state index in [1.54, 1.807) is 12.1 Å². The highest BCUT2D eigenvalue weighted by Gasteiger charge is 2.28. The van der Waals surface area contributed by atoms with Gasteiger partial charge in [-0.25, -0.2) is 0 Å². The van der Waals surface area contributed by atoms with Gasteiger partial charge in [-0.15, -0.1) is 0 Å². The molecule has 0 aliphatic heterocycles. The van der Waals surface area contributed by atoms with Gasteiger partial charge in [-0.05, 0) is 30.0 Å². The lowest BCUT2D eigenvalue weighted by Gasteiger charge is -2.15. The van der Waals surface area contributed by atoms with E-state index in [1.165, 1.54) is 12.1 Å². The first-order valence-corrected chi connectivity index (χ1v) is 7.39. The Labute approximate surface area is 133 Å². The molecule has 0 heterocycles. The van der Waals surface area contributed by atoms with Crippen LogP contribution in [-0.4, -0.2) is 30.4 Å². The Balaban J connectivity index is 2.41. The maximum Gasteiger partial charge on any atom is 0.422 e. The quantitative estimate of drug-likeness (QED) is 0.726. The normalized spacial score (nSPS) is 13.1. The van der Waals surface area contributed by atoms with Gasteiger partial charge in [-0.1, -0.05) is 26.0 Å². The standard InChI is InChI=1S/C16H22F3NO3/c1-11(2)7-13(15(21)22)9-20-8-12-3-5-14(6-4-12)23-10-16(17,18)19/h3-6,11,13,20H,7-10H2,1-2H3,(H,21,22). The maximum atomic E-state index is 12.0. The predicted molar refractivity (Wildman–Crippen MR) is 80.3 cm³/mol. The van der Waals surface area contributed by atoms with E-state index in [0.717, 1.165) is 5.56 Å². The largest absolute Gasteiger partial charge is 0.484 e. The molecule has 0 saturated carbocycles. The van der Waals surface area contributed by atoms with E-state index < -0.39 is 24.7 Å². The number of carboxylic acid groups (broad SMARTS) is 1. The molecule has 130 valence electrons. The van der Waals surface area contributed by atoms with E-state index in [4.69, 9.17) is 5.11 Å². The maximum absolute atomic E-state index is 12.0. The average molecular weight is 333 g/mol. The highest BCUT2D eigenvalue weighted by atomic mass is 19.4. The fraction of sp³-hybridized carbons (Fsp3) is 0.562. The topological polar surface area (TPSA) is 58.6 Å². The predicted octanol–water partition coefficient (Wildman–Crippen LogP) is 3.46. The lowest BCUT2D eigenvalue weighted by atomic mass is 9.97. The van der Waals surface area contributed by atoms with Crippen LogP contribution in [0.1, 0.15) is 25.8 Å². The van der Waals surface area contributed by atoms with Crippen molar-refractivity contribution in [1.29, 1.82) is 0 Å². The highest BCUT2D eigenvalue weighted by Crippen LogP contribution is 2.19. The van der Waals surface area contributed by atoms with Gasteiger partial charge in [0.05, 0.1) is 5.92 Å². The van der Waals surface area contributed by atoms with Crippen molar-refractivity contribution in [2.45, 2.75) is 33.0 Å². The van der Waals surface area contributed by atoms with Gasteiger partial charge < -0.3 is 15.2 Å². The summed E-state index contributed by atoms with van der Waals surface area (Å²) in [7, 11) is 0. The number of halogens is 3. The zero-order chi connectivity index (χ0) is 17.5. The Morgan fingerprint density at radius 2 is 1.87 bits per heavy atom. The first kappa shape index (κ1) is 19.3. The second kappa shape index (κ2) is 8.76. The Bertz CT molecular complexity index is 486. The van der Waals surface area contributed by atoms with E-state index in [9.17, 15) is 18.0 Å². The number of carboxylic acids is 1. The molecule has 7 heteroatoms. The van der Waals surface area contributed by atoms with Crippen LogP contribution >= 0.6 is 0 Å². The summed E-state index contributed by atoms with van der Waals surface area (Å²) in [5.74, 6) is -0.844. The van der Waals surface area contributed by atoms with Gasteiger partial charge in [0.1, 0.15) is 5.75 Å². The lowest BCUT2D eigenvalue weighted by molar-refractivity contribution is -0.153. The molecule has 1 aromatic carbocycles. The van der Waals surface area contributed by atoms with E-state index in [2.05, 4.69) is 10.1 Å². The molecule has 2 N–H and O–H groups in total. The van der Waals surface area contributed by atoms with Gasteiger partial charge in [0.15, 0.2) is 6.61 Å². The molecule has 1 aromatic rings. The van der Waals surface area contributed by atoms with Crippen molar-refractivity contribution in [3.8, 4) is 5.75 Å². The van der Waals surface area contributed by atoms with Crippen molar-refractivity contribution in [2.24, 2.45) is 11.8 Å². The van der Waals surface area contributed by atoms with Crippen molar-refractivity contribution >= 4 is 5.97 Å². The third kappa shape index (κ3) is 8.44. The average Bonchev–Trinajstić information content (AvgIpc) is 2.44. The number of benzene rings is 1. The molecule has 0 aromatic heterocycles. The first-order valence-electron chi connectivity index (χ1n) is 7.39. The van der Waals surface area contributed by atoms with Crippen molar-refractivity contribution < 1.29 is 27.8 Å². The minimum Gasteiger partial charge on any atom is -0.484 e. The zero-order valence-corrected chi connectivity index (χ0v) is 13.2. The molecule has 23 heavy (non-hydrogen) atoms. The summed E-state index contributed by atoms with van der Waals surface area (Å²) in [6.45, 7) is 3.41. The Morgan fingerprint density at radius 3 is 2.35 bits per heavy atom. The zero-order valence-electron chi connectivity index (χ0n) is 13.2. The van der Waals surface area contributed by atoms with Crippen molar-refractivity contribution in [1.82, 2.24) is 5.32 Å². The van der Waals surface area contributed by atoms with Crippen molar-refractivity contribution in [3.05, 3.63) is 29.8 Å². The van der Waals surface area contributed by atoms with Gasteiger partial charge in [0, 0.05) is 13.1 Å². The summed E-state index contributed by atoms with van der Waals surface area (Å²) in [6, 6.07) is 6.23. The number of rotatable bonds is 9. The summed E-state index contributed by atoms with van der Waals surface area (Å²) >= 11 is 0. The van der Waals surface area contributed by atoms with Crippen molar-refractivity contribution in [3.63, 3.8) is 0 Å². The molecule has 1 unspecified atom stereocenters. The lowest BCUT2D eigenvalue weighted by Crippen LogP contribution is -2.29. The molecule has 0 aliphatic carbocycles. The molecule has 1 atom stereocenters. The van der Waals surface area contributed by atoms with Crippen LogP contribution < -0.4 is 10.1 Å². The van der Waals surface area contributed by atoms with Crippen LogP contribution in [-0.2, 0) is 11.3 Å². The summed E-state index contributed by atoms with van der Waals surface area (Å²) in [6.07, 6.45) is -3.77. The first-order chi connectivity index (χ1) is 10.7. The Morgan fingerprint density at radius 1 is 1.26 bits per heavy atom. The van der Waals surface area contributed by atoms with Crippen LogP contribution in [0, 0.1) is 11.8 Å². The molecule has 0 spiro atoms. The van der Waals surface area contributed by atoms with Crippen LogP contribution in [0.3, 0.4) is 0 Å². The van der Waals surface area contributed by atoms with E-state index in [-0.39, 0.29) is 5.75 Å². The molecule has 0 amide bonds. The molecule has 0 bridgehead atoms. The third-order valence-corrected chi connectivity index (χ3v) is 3.15.